The zero-order chi connectivity index (χ0) is 33.5. The topological polar surface area (TPSA) is 120 Å². The highest BCUT2D eigenvalue weighted by Crippen LogP contribution is 2.53. The summed E-state index contributed by atoms with van der Waals surface area (Å²) >= 11 is 3.53. The predicted octanol–water partition coefficient (Wildman–Crippen LogP) is 7.65. The number of oxazole rings is 1. The minimum atomic E-state index is 0.354. The largest absolute Gasteiger partial charge is 0.496 e. The predicted molar refractivity (Wildman–Crippen MR) is 188 cm³/mol. The minimum absolute atomic E-state index is 0.354. The van der Waals surface area contributed by atoms with Gasteiger partial charge >= 0.3 is 0 Å². The number of nitrogens with one attached hydrogen (secondary N) is 1. The fourth-order valence-corrected chi connectivity index (χ4v) is 4.72. The molecule has 1 saturated heterocycles. The number of methoxy groups -OCH3 is 1. The Morgan fingerprint density at radius 3 is 2.30 bits per heavy atom. The molecule has 3 aromatic rings. The fraction of sp³-hybridized carbons (Fsp3) is 0.600. The fourth-order valence-electron chi connectivity index (χ4n) is 4.72. The number of rotatable bonds is 11. The monoisotopic (exact) mass is 630 g/mol. The lowest BCUT2D eigenvalue weighted by molar-refractivity contribution is -0.118. The van der Waals surface area contributed by atoms with E-state index in [0.717, 1.165) is 91.7 Å². The number of thiol groups is 1. The molecule has 1 saturated carbocycles. The van der Waals surface area contributed by atoms with E-state index in [1.807, 2.05) is 59.7 Å². The number of carbonyl (C=O) groups is 2. The smallest absolute Gasteiger partial charge is 0.194 e. The number of carbonyl (C=O) groups excluding carboxylic acids is 2. The van der Waals surface area contributed by atoms with Crippen LogP contribution in [0.5, 0.6) is 5.75 Å². The highest BCUT2D eigenvalue weighted by Gasteiger charge is 2.57. The third-order valence-corrected chi connectivity index (χ3v) is 7.33. The molecule has 0 amide bonds. The van der Waals surface area contributed by atoms with E-state index in [-0.39, 0.29) is 0 Å². The van der Waals surface area contributed by atoms with Crippen molar-refractivity contribution in [1.82, 2.24) is 15.3 Å². The highest BCUT2D eigenvalue weighted by atomic mass is 32.1. The van der Waals surface area contributed by atoms with Crippen LogP contribution in [0.2, 0.25) is 0 Å². The Balaban J connectivity index is 0.000000955. The minimum Gasteiger partial charge on any atom is -0.496 e. The summed E-state index contributed by atoms with van der Waals surface area (Å²) < 4.78 is 11.5. The lowest BCUT2D eigenvalue weighted by Gasteiger charge is -2.27. The molecule has 1 aromatic carbocycles. The molecule has 1 unspecified atom stereocenters. The van der Waals surface area contributed by atoms with Crippen molar-refractivity contribution in [3.8, 4) is 17.1 Å². The van der Waals surface area contributed by atoms with Crippen LogP contribution >= 0.6 is 12.6 Å². The number of nitrogens with two attached hydrogens (primary N) is 1. The average molecular weight is 631 g/mol. The normalized spacial score (nSPS) is 14.7. The van der Waals surface area contributed by atoms with Gasteiger partial charge in [-0.1, -0.05) is 53.5 Å². The quantitative estimate of drug-likeness (QED) is 0.112. The lowest BCUT2D eigenvalue weighted by Crippen LogP contribution is -2.45. The molecule has 1 atom stereocenters. The molecule has 8 nitrogen and oxygen atoms in total. The van der Waals surface area contributed by atoms with Gasteiger partial charge in [0.1, 0.15) is 17.8 Å². The Labute approximate surface area is 271 Å². The molecular formula is C35H58N4O4S. The molecule has 1 aliphatic heterocycles. The van der Waals surface area contributed by atoms with Crippen LogP contribution in [0, 0.1) is 18.3 Å². The van der Waals surface area contributed by atoms with Gasteiger partial charge in [-0.05, 0) is 51.6 Å². The maximum absolute atomic E-state index is 11.3. The standard InChI is InChI=1S/C23H28N2O3.C6H9NO.2C2H6.CH5N.CH4S/c1-4-18(26)9-7-5-6-8-10-23-24-15-22(28-23)19-13-17-12-11-16(2)25-20(17)14-21(19)27-3;8-2-5-1-6(5)3-7-4-6;4*1-2/h11-15H,4-10H2,1-3H3;2,5,7H,1,3-4H2;2*1-2H3;2H2,1H3;2H,1H3. The van der Waals surface area contributed by atoms with Gasteiger partial charge in [-0.2, -0.15) is 12.6 Å². The summed E-state index contributed by atoms with van der Waals surface area (Å²) in [5.41, 5.74) is 7.73. The zero-order valence-electron chi connectivity index (χ0n) is 28.7. The van der Waals surface area contributed by atoms with Gasteiger partial charge in [0.25, 0.3) is 0 Å². The van der Waals surface area contributed by atoms with Gasteiger partial charge in [-0.15, -0.1) is 0 Å². The van der Waals surface area contributed by atoms with E-state index < -0.39 is 0 Å². The number of aldehydes is 1. The first-order valence-electron chi connectivity index (χ1n) is 16.1. The van der Waals surface area contributed by atoms with Crippen LogP contribution in [0.25, 0.3) is 22.2 Å². The van der Waals surface area contributed by atoms with E-state index >= 15 is 0 Å². The first-order valence-corrected chi connectivity index (χ1v) is 17.0. The molecule has 2 aromatic heterocycles. The van der Waals surface area contributed by atoms with E-state index in [9.17, 15) is 9.59 Å². The average Bonchev–Trinajstić information content (AvgIpc) is 3.67. The number of benzene rings is 1. The second-order valence-electron chi connectivity index (χ2n) is 10.0. The number of ketones is 1. The molecular weight excluding hydrogens is 572 g/mol. The number of hydrogen-bond donors (Lipinski definition) is 3. The van der Waals surface area contributed by atoms with Crippen LogP contribution in [0.1, 0.15) is 91.1 Å². The Hall–Kier alpha value is -2.75. The van der Waals surface area contributed by atoms with Crippen molar-refractivity contribution in [3.05, 3.63) is 42.0 Å². The molecule has 2 aliphatic rings. The number of unbranched alkanes of at least 4 members (excludes halogenated alkanes) is 3. The van der Waals surface area contributed by atoms with E-state index in [1.54, 1.807) is 19.6 Å². The molecule has 248 valence electrons. The molecule has 2 fully saturated rings. The SMILES string of the molecule is CC.CC.CCC(=O)CCCCCCc1ncc(-c2cc3ccc(C)nc3cc2OC)o1.CN.CS.O=CC1CC12CNC2. The summed E-state index contributed by atoms with van der Waals surface area (Å²) in [4.78, 5) is 30.5. The van der Waals surface area contributed by atoms with Gasteiger partial charge in [0.05, 0.1) is 24.4 Å². The first-order chi connectivity index (χ1) is 21.5. The summed E-state index contributed by atoms with van der Waals surface area (Å²) in [6, 6.07) is 8.03. The van der Waals surface area contributed by atoms with Crippen LogP contribution in [0.4, 0.5) is 0 Å². The first kappa shape index (κ1) is 41.2. The molecule has 0 radical (unpaired) electrons. The van der Waals surface area contributed by atoms with E-state index in [0.29, 0.717) is 35.7 Å². The van der Waals surface area contributed by atoms with Crippen molar-refractivity contribution in [1.29, 1.82) is 0 Å². The highest BCUT2D eigenvalue weighted by molar-refractivity contribution is 7.79. The van der Waals surface area contributed by atoms with E-state index in [4.69, 9.17) is 9.15 Å². The van der Waals surface area contributed by atoms with Crippen LogP contribution < -0.4 is 15.8 Å². The van der Waals surface area contributed by atoms with Crippen molar-refractivity contribution < 1.29 is 18.7 Å². The lowest BCUT2D eigenvalue weighted by atomic mass is 9.97. The summed E-state index contributed by atoms with van der Waals surface area (Å²) in [6.45, 7) is 14.1. The second kappa shape index (κ2) is 23.6. The van der Waals surface area contributed by atoms with Gasteiger partial charge in [0, 0.05) is 60.8 Å². The third kappa shape index (κ3) is 12.7. The van der Waals surface area contributed by atoms with Crippen LogP contribution in [-0.4, -0.2) is 55.5 Å². The van der Waals surface area contributed by atoms with Crippen molar-refractivity contribution in [2.75, 3.05) is 33.5 Å². The van der Waals surface area contributed by atoms with Gasteiger partial charge < -0.3 is 25.0 Å². The van der Waals surface area contributed by atoms with Crippen LogP contribution in [0.3, 0.4) is 0 Å². The molecule has 1 aliphatic carbocycles. The van der Waals surface area contributed by atoms with Crippen LogP contribution in [0.15, 0.2) is 34.9 Å². The molecule has 44 heavy (non-hydrogen) atoms. The molecule has 3 heterocycles. The third-order valence-electron chi connectivity index (χ3n) is 7.33. The molecule has 5 rings (SSSR count). The summed E-state index contributed by atoms with van der Waals surface area (Å²) in [7, 11) is 3.15. The number of hydrogen-bond acceptors (Lipinski definition) is 9. The Bertz CT molecular complexity index is 1210. The number of aryl methyl sites for hydroxylation is 2. The number of aromatic nitrogens is 2. The summed E-state index contributed by atoms with van der Waals surface area (Å²) in [5.74, 6) is 2.94. The van der Waals surface area contributed by atoms with Gasteiger partial charge in [-0.25, -0.2) is 4.98 Å². The van der Waals surface area contributed by atoms with E-state index in [2.05, 4.69) is 39.7 Å². The van der Waals surface area contributed by atoms with Gasteiger partial charge in [-0.3, -0.25) is 9.78 Å². The van der Waals surface area contributed by atoms with Gasteiger partial charge in [0.15, 0.2) is 11.7 Å². The zero-order valence-corrected chi connectivity index (χ0v) is 29.6. The van der Waals surface area contributed by atoms with Crippen molar-refractivity contribution >= 4 is 35.6 Å². The van der Waals surface area contributed by atoms with Crippen molar-refractivity contribution in [3.63, 3.8) is 0 Å². The second-order valence-corrected chi connectivity index (χ2v) is 10.0. The Morgan fingerprint density at radius 1 is 1.11 bits per heavy atom. The number of fused-ring (bicyclic) bond motifs is 1. The summed E-state index contributed by atoms with van der Waals surface area (Å²) in [5, 5.41) is 4.21. The molecule has 0 bridgehead atoms. The number of nitrogens with zero attached hydrogens (tertiary/aromatic N) is 2. The summed E-state index contributed by atoms with van der Waals surface area (Å²) in [6.07, 6.45) is 12.0. The molecule has 3 N–H and O–H groups in total. The Morgan fingerprint density at radius 2 is 1.77 bits per heavy atom. The Kier molecular flexibility index (Phi) is 22.1. The van der Waals surface area contributed by atoms with Crippen molar-refractivity contribution in [2.45, 2.75) is 92.9 Å². The molecule has 9 heteroatoms. The van der Waals surface area contributed by atoms with Gasteiger partial charge in [0.2, 0.25) is 0 Å². The molecule has 1 spiro atoms. The maximum atomic E-state index is 11.3. The van der Waals surface area contributed by atoms with Crippen LogP contribution in [-0.2, 0) is 16.0 Å². The maximum Gasteiger partial charge on any atom is 0.194 e. The number of ether oxygens (including phenoxy) is 1. The van der Waals surface area contributed by atoms with Crippen molar-refractivity contribution in [2.24, 2.45) is 17.1 Å². The number of pyridine rings is 1. The number of Topliss-reactive ketones (excluding diaryl/α,β-unsaturated/α-hetero) is 1. The van der Waals surface area contributed by atoms with E-state index in [1.165, 1.54) is 7.05 Å².